The minimum absolute atomic E-state index is 0.579. The molecule has 0 atom stereocenters. The van der Waals surface area contributed by atoms with Crippen LogP contribution in [-0.4, -0.2) is 35.7 Å². The summed E-state index contributed by atoms with van der Waals surface area (Å²) in [4.78, 5) is 14.5. The summed E-state index contributed by atoms with van der Waals surface area (Å²) in [5.41, 5.74) is 1.25. The number of anilines is 1. The van der Waals surface area contributed by atoms with Gasteiger partial charge in [-0.1, -0.05) is 0 Å². The van der Waals surface area contributed by atoms with Crippen molar-refractivity contribution < 1.29 is 4.74 Å². The van der Waals surface area contributed by atoms with E-state index in [4.69, 9.17) is 4.74 Å². The Labute approximate surface area is 106 Å². The molecule has 0 aliphatic carbocycles. The second-order valence-electron chi connectivity index (χ2n) is 3.93. The van der Waals surface area contributed by atoms with Gasteiger partial charge in [0.1, 0.15) is 0 Å². The summed E-state index contributed by atoms with van der Waals surface area (Å²) in [6.07, 6.45) is 6.23. The van der Waals surface area contributed by atoms with Crippen molar-refractivity contribution in [1.29, 1.82) is 0 Å². The maximum atomic E-state index is 5.08. The third kappa shape index (κ3) is 3.16. The smallest absolute Gasteiger partial charge is 0.228 e. The molecule has 0 radical (unpaired) electrons. The average molecular weight is 244 g/mol. The first-order valence-corrected chi connectivity index (χ1v) is 5.76. The highest BCUT2D eigenvalue weighted by Gasteiger charge is 2.05. The van der Waals surface area contributed by atoms with Crippen LogP contribution in [0, 0.1) is 0 Å². The van der Waals surface area contributed by atoms with Crippen molar-refractivity contribution in [1.82, 2.24) is 15.0 Å². The lowest BCUT2D eigenvalue weighted by Crippen LogP contribution is -2.22. The minimum atomic E-state index is 0.579. The van der Waals surface area contributed by atoms with Crippen LogP contribution in [0.4, 0.5) is 5.95 Å². The molecule has 0 unspecified atom stereocenters. The zero-order chi connectivity index (χ0) is 12.8. The number of likely N-dealkylation sites (N-methyl/N-ethyl adjacent to an activating group) is 1. The van der Waals surface area contributed by atoms with Crippen molar-refractivity contribution in [2.45, 2.75) is 6.42 Å². The van der Waals surface area contributed by atoms with Crippen molar-refractivity contribution in [3.8, 4) is 5.88 Å². The van der Waals surface area contributed by atoms with Crippen LogP contribution >= 0.6 is 0 Å². The second-order valence-corrected chi connectivity index (χ2v) is 3.93. The molecule has 2 rings (SSSR count). The van der Waals surface area contributed by atoms with Gasteiger partial charge in [-0.25, -0.2) is 4.98 Å². The Hall–Kier alpha value is -2.17. The van der Waals surface area contributed by atoms with Crippen LogP contribution in [0.15, 0.2) is 36.8 Å². The first-order valence-electron chi connectivity index (χ1n) is 5.76. The summed E-state index contributed by atoms with van der Waals surface area (Å²) in [6.45, 7) is 0.844. The van der Waals surface area contributed by atoms with Gasteiger partial charge in [-0.3, -0.25) is 4.98 Å². The quantitative estimate of drug-likeness (QED) is 0.799. The number of rotatable bonds is 5. The Morgan fingerprint density at radius 2 is 1.94 bits per heavy atom. The van der Waals surface area contributed by atoms with Gasteiger partial charge in [-0.15, -0.1) is 0 Å². The number of aromatic nitrogens is 3. The van der Waals surface area contributed by atoms with Gasteiger partial charge in [0.15, 0.2) is 0 Å². The molecule has 18 heavy (non-hydrogen) atoms. The molecular weight excluding hydrogens is 228 g/mol. The lowest BCUT2D eigenvalue weighted by molar-refractivity contribution is 0.397. The Morgan fingerprint density at radius 1 is 1.17 bits per heavy atom. The summed E-state index contributed by atoms with van der Waals surface area (Å²) >= 11 is 0. The van der Waals surface area contributed by atoms with Crippen molar-refractivity contribution in [3.63, 3.8) is 0 Å². The lowest BCUT2D eigenvalue weighted by Gasteiger charge is -2.17. The highest BCUT2D eigenvalue weighted by atomic mass is 16.5. The van der Waals surface area contributed by atoms with Crippen LogP contribution in [0.2, 0.25) is 0 Å². The van der Waals surface area contributed by atoms with Crippen molar-refractivity contribution in [3.05, 3.63) is 42.4 Å². The van der Waals surface area contributed by atoms with E-state index < -0.39 is 0 Å². The first-order chi connectivity index (χ1) is 8.79. The van der Waals surface area contributed by atoms with Crippen LogP contribution in [0.5, 0.6) is 5.88 Å². The van der Waals surface area contributed by atoms with Gasteiger partial charge in [0.25, 0.3) is 0 Å². The predicted octanol–water partition coefficient (Wildman–Crippen LogP) is 1.56. The van der Waals surface area contributed by atoms with Gasteiger partial charge in [-0.2, -0.15) is 4.98 Å². The Morgan fingerprint density at radius 3 is 2.67 bits per heavy atom. The van der Waals surface area contributed by atoms with E-state index in [0.29, 0.717) is 11.8 Å². The third-order valence-electron chi connectivity index (χ3n) is 2.65. The highest BCUT2D eigenvalue weighted by Crippen LogP contribution is 2.11. The van der Waals surface area contributed by atoms with E-state index in [1.165, 1.54) is 5.56 Å². The number of hydrogen-bond acceptors (Lipinski definition) is 5. The van der Waals surface area contributed by atoms with Crippen molar-refractivity contribution >= 4 is 5.95 Å². The predicted molar refractivity (Wildman–Crippen MR) is 69.8 cm³/mol. The minimum Gasteiger partial charge on any atom is -0.481 e. The number of pyridine rings is 1. The molecule has 0 saturated carbocycles. The molecule has 0 N–H and O–H groups in total. The van der Waals surface area contributed by atoms with Gasteiger partial charge >= 0.3 is 0 Å². The highest BCUT2D eigenvalue weighted by molar-refractivity contribution is 5.31. The maximum absolute atomic E-state index is 5.08. The van der Waals surface area contributed by atoms with E-state index >= 15 is 0 Å². The summed E-state index contributed by atoms with van der Waals surface area (Å²) in [6, 6.07) is 5.76. The molecule has 2 aromatic heterocycles. The number of ether oxygens (including phenoxy) is 1. The Balaban J connectivity index is 1.97. The Kier molecular flexibility index (Phi) is 4.06. The molecule has 0 fully saturated rings. The molecule has 0 saturated heterocycles. The zero-order valence-corrected chi connectivity index (χ0v) is 10.6. The second kappa shape index (κ2) is 5.95. The number of nitrogens with zero attached hydrogens (tertiary/aromatic N) is 4. The summed E-state index contributed by atoms with van der Waals surface area (Å²) in [5, 5.41) is 0. The van der Waals surface area contributed by atoms with Gasteiger partial charge in [0.05, 0.1) is 7.11 Å². The van der Waals surface area contributed by atoms with E-state index in [2.05, 4.69) is 15.0 Å². The fourth-order valence-electron chi connectivity index (χ4n) is 1.58. The standard InChI is InChI=1S/C13H16N4O/c1-17(10-6-11-3-7-14-8-4-11)13-15-9-5-12(16-13)18-2/h3-5,7-9H,6,10H2,1-2H3. The SMILES string of the molecule is COc1ccnc(N(C)CCc2ccncc2)n1. The molecule has 0 amide bonds. The van der Waals surface area contributed by atoms with Crippen molar-refractivity contribution in [2.75, 3.05) is 25.6 Å². The largest absolute Gasteiger partial charge is 0.481 e. The molecule has 5 nitrogen and oxygen atoms in total. The molecule has 2 aromatic rings. The molecule has 94 valence electrons. The van der Waals surface area contributed by atoms with E-state index in [-0.39, 0.29) is 0 Å². The fourth-order valence-corrected chi connectivity index (χ4v) is 1.58. The summed E-state index contributed by atoms with van der Waals surface area (Å²) < 4.78 is 5.08. The van der Waals surface area contributed by atoms with Crippen LogP contribution in [0.25, 0.3) is 0 Å². The fraction of sp³-hybridized carbons (Fsp3) is 0.308. The van der Waals surface area contributed by atoms with Crippen LogP contribution in [-0.2, 0) is 6.42 Å². The number of methoxy groups -OCH3 is 1. The van der Waals surface area contributed by atoms with E-state index in [1.54, 1.807) is 31.8 Å². The van der Waals surface area contributed by atoms with Gasteiger partial charge < -0.3 is 9.64 Å². The van der Waals surface area contributed by atoms with Crippen LogP contribution < -0.4 is 9.64 Å². The Bertz CT molecular complexity index is 489. The molecule has 0 aliphatic heterocycles. The van der Waals surface area contributed by atoms with Crippen LogP contribution in [0.3, 0.4) is 0 Å². The van der Waals surface area contributed by atoms with Crippen molar-refractivity contribution in [2.24, 2.45) is 0 Å². The normalized spacial score (nSPS) is 10.1. The molecule has 2 heterocycles. The lowest BCUT2D eigenvalue weighted by atomic mass is 10.2. The average Bonchev–Trinajstić information content (AvgIpc) is 2.46. The monoisotopic (exact) mass is 244 g/mol. The molecule has 0 aromatic carbocycles. The van der Waals surface area contributed by atoms with E-state index in [1.807, 2.05) is 24.1 Å². The van der Waals surface area contributed by atoms with E-state index in [0.717, 1.165) is 13.0 Å². The first kappa shape index (κ1) is 12.3. The molecule has 0 bridgehead atoms. The van der Waals surface area contributed by atoms with Crippen LogP contribution in [0.1, 0.15) is 5.56 Å². The molecular formula is C13H16N4O. The van der Waals surface area contributed by atoms with E-state index in [9.17, 15) is 0 Å². The van der Waals surface area contributed by atoms with Gasteiger partial charge in [-0.05, 0) is 24.1 Å². The van der Waals surface area contributed by atoms with Gasteiger partial charge in [0, 0.05) is 38.2 Å². The zero-order valence-electron chi connectivity index (χ0n) is 10.6. The third-order valence-corrected chi connectivity index (χ3v) is 2.65. The molecule has 5 heteroatoms. The van der Waals surface area contributed by atoms with Gasteiger partial charge in [0.2, 0.25) is 11.8 Å². The number of hydrogen-bond donors (Lipinski definition) is 0. The summed E-state index contributed by atoms with van der Waals surface area (Å²) in [5.74, 6) is 1.25. The maximum Gasteiger partial charge on any atom is 0.228 e. The molecule has 0 spiro atoms. The topological polar surface area (TPSA) is 51.1 Å². The molecule has 0 aliphatic rings. The summed E-state index contributed by atoms with van der Waals surface area (Å²) in [7, 11) is 3.57.